The molecule has 0 aromatic carbocycles. The van der Waals surface area contributed by atoms with Crippen LogP contribution in [0.5, 0.6) is 0 Å². The van der Waals surface area contributed by atoms with Crippen molar-refractivity contribution < 1.29 is 18.0 Å². The number of anilines is 1. The summed E-state index contributed by atoms with van der Waals surface area (Å²) in [6.45, 7) is 7.25. The third kappa shape index (κ3) is 3.51. The summed E-state index contributed by atoms with van der Waals surface area (Å²) in [5, 5.41) is 6.22. The van der Waals surface area contributed by atoms with E-state index in [-0.39, 0.29) is 16.6 Å². The van der Waals surface area contributed by atoms with Gasteiger partial charge in [0.1, 0.15) is 0 Å². The Morgan fingerprint density at radius 3 is 2.76 bits per heavy atom. The van der Waals surface area contributed by atoms with Crippen LogP contribution in [0.15, 0.2) is 22.4 Å². The number of nitrogens with one attached hydrogen (secondary N) is 1. The summed E-state index contributed by atoms with van der Waals surface area (Å²) in [6.07, 6.45) is 0. The average Bonchev–Trinajstić information content (AvgIpc) is 2.88. The summed E-state index contributed by atoms with van der Waals surface area (Å²) in [7, 11) is -3.31. The normalized spacial score (nSPS) is 15.4. The number of sulfone groups is 1. The first-order chi connectivity index (χ1) is 11.8. The van der Waals surface area contributed by atoms with Crippen molar-refractivity contribution in [2.75, 3.05) is 30.5 Å². The summed E-state index contributed by atoms with van der Waals surface area (Å²) in [6, 6.07) is 3.47. The smallest absolute Gasteiger partial charge is 0.253 e. The topological polar surface area (TPSA) is 75.7 Å². The summed E-state index contributed by atoms with van der Waals surface area (Å²) in [5.41, 5.74) is 1.93. The molecule has 25 heavy (non-hydrogen) atoms. The van der Waals surface area contributed by atoms with E-state index in [0.29, 0.717) is 36.9 Å². The third-order valence-electron chi connectivity index (χ3n) is 4.04. The molecule has 0 radical (unpaired) electrons. The van der Waals surface area contributed by atoms with Gasteiger partial charge in [0.15, 0.2) is 9.84 Å². The Kier molecular flexibility index (Phi) is 5.04. The zero-order chi connectivity index (χ0) is 18.2. The number of carbonyl (C=O) groups excluding carboxylic acids is 1. The summed E-state index contributed by atoms with van der Waals surface area (Å²) in [5.74, 6) is 0.228. The Labute approximate surface area is 152 Å². The molecule has 0 aromatic heterocycles. The Morgan fingerprint density at radius 2 is 2.08 bits per heavy atom. The number of hydroxylamine groups is 1. The predicted molar refractivity (Wildman–Crippen MR) is 99.1 cm³/mol. The minimum absolute atomic E-state index is 0.0438. The molecule has 3 rings (SSSR count). The van der Waals surface area contributed by atoms with Gasteiger partial charge in [-0.3, -0.25) is 14.7 Å². The number of carbonyl (C=O) groups is 1. The van der Waals surface area contributed by atoms with Crippen LogP contribution in [0.1, 0.15) is 31.1 Å². The van der Waals surface area contributed by atoms with Crippen molar-refractivity contribution in [2.45, 2.75) is 25.7 Å². The quantitative estimate of drug-likeness (QED) is 0.861. The van der Waals surface area contributed by atoms with E-state index >= 15 is 0 Å². The Hall–Kier alpha value is -1.64. The van der Waals surface area contributed by atoms with E-state index in [2.05, 4.69) is 19.2 Å². The first-order valence-electron chi connectivity index (χ1n) is 8.30. The van der Waals surface area contributed by atoms with E-state index in [0.717, 1.165) is 10.4 Å². The van der Waals surface area contributed by atoms with E-state index in [1.807, 2.05) is 6.07 Å². The van der Waals surface area contributed by atoms with Gasteiger partial charge in [-0.25, -0.2) is 8.42 Å². The molecule has 136 valence electrons. The van der Waals surface area contributed by atoms with Gasteiger partial charge < -0.3 is 5.32 Å². The fraction of sp³-hybridized carbons (Fsp3) is 0.471. The molecule has 6 nitrogen and oxygen atoms in total. The Bertz CT molecular complexity index is 858. The largest absolute Gasteiger partial charge is 0.350 e. The molecule has 0 saturated heterocycles. The van der Waals surface area contributed by atoms with Crippen molar-refractivity contribution in [3.8, 4) is 10.4 Å². The molecular weight excluding hydrogens is 360 g/mol. The highest BCUT2D eigenvalue weighted by Crippen LogP contribution is 2.43. The third-order valence-corrected chi connectivity index (χ3v) is 6.86. The molecule has 0 unspecified atom stereocenters. The number of rotatable bonds is 5. The Morgan fingerprint density at radius 1 is 1.32 bits per heavy atom. The molecule has 8 heteroatoms. The van der Waals surface area contributed by atoms with E-state index in [4.69, 9.17) is 4.84 Å². The van der Waals surface area contributed by atoms with Gasteiger partial charge in [0.25, 0.3) is 5.91 Å². The monoisotopic (exact) mass is 382 g/mol. The summed E-state index contributed by atoms with van der Waals surface area (Å²) < 4.78 is 24.5. The maximum Gasteiger partial charge on any atom is 0.253 e. The Balaban J connectivity index is 2.14. The van der Waals surface area contributed by atoms with Crippen molar-refractivity contribution in [1.29, 1.82) is 0 Å². The zero-order valence-corrected chi connectivity index (χ0v) is 16.2. The van der Waals surface area contributed by atoms with Gasteiger partial charge in [-0.1, -0.05) is 20.8 Å². The number of fused-ring (bicyclic) bond motifs is 3. The maximum absolute atomic E-state index is 12.4. The SMILES string of the molecule is CCS(=O)(=O)c1csc2cc3c(c-2c1)N(OCC(C)C)CCNC3=O. The van der Waals surface area contributed by atoms with Crippen LogP contribution < -0.4 is 10.4 Å². The highest BCUT2D eigenvalue weighted by Gasteiger charge is 2.30. The molecule has 0 atom stereocenters. The number of hydrogen-bond donors (Lipinski definition) is 1. The lowest BCUT2D eigenvalue weighted by Gasteiger charge is -2.24. The molecule has 2 heterocycles. The molecule has 0 aromatic rings. The van der Waals surface area contributed by atoms with Crippen LogP contribution >= 0.6 is 11.3 Å². The van der Waals surface area contributed by atoms with Gasteiger partial charge in [0, 0.05) is 22.4 Å². The minimum Gasteiger partial charge on any atom is -0.350 e. The second kappa shape index (κ2) is 6.93. The van der Waals surface area contributed by atoms with Crippen molar-refractivity contribution in [1.82, 2.24) is 5.32 Å². The lowest BCUT2D eigenvalue weighted by atomic mass is 10.2. The first-order valence-corrected chi connectivity index (χ1v) is 10.8. The van der Waals surface area contributed by atoms with Crippen LogP contribution in [-0.2, 0) is 14.7 Å². The molecular formula is C17H22N2O4S2. The second-order valence-electron chi connectivity index (χ2n) is 6.42. The van der Waals surface area contributed by atoms with E-state index in [1.54, 1.807) is 23.4 Å². The molecule has 3 aliphatic rings. The van der Waals surface area contributed by atoms with Gasteiger partial charge in [-0.2, -0.15) is 0 Å². The lowest BCUT2D eigenvalue weighted by molar-refractivity contribution is 0.0873. The molecule has 0 saturated carbocycles. The van der Waals surface area contributed by atoms with Gasteiger partial charge in [-0.05, 0) is 18.1 Å². The van der Waals surface area contributed by atoms with Crippen molar-refractivity contribution in [3.63, 3.8) is 0 Å². The van der Waals surface area contributed by atoms with Gasteiger partial charge in [0.2, 0.25) is 0 Å². The summed E-state index contributed by atoms with van der Waals surface area (Å²) in [4.78, 5) is 19.5. The van der Waals surface area contributed by atoms with Crippen LogP contribution in [0, 0.1) is 5.92 Å². The van der Waals surface area contributed by atoms with E-state index in [1.165, 1.54) is 11.3 Å². The highest BCUT2D eigenvalue weighted by molar-refractivity contribution is 7.91. The molecule has 1 N–H and O–H groups in total. The van der Waals surface area contributed by atoms with Crippen LogP contribution in [0.3, 0.4) is 0 Å². The molecule has 0 fully saturated rings. The number of nitrogens with zero attached hydrogens (tertiary/aromatic N) is 1. The van der Waals surface area contributed by atoms with Crippen LogP contribution in [0.4, 0.5) is 5.69 Å². The van der Waals surface area contributed by atoms with E-state index in [9.17, 15) is 13.2 Å². The fourth-order valence-corrected chi connectivity index (χ4v) is 4.83. The first kappa shape index (κ1) is 18.2. The molecule has 0 spiro atoms. The summed E-state index contributed by atoms with van der Waals surface area (Å²) >= 11 is 1.33. The maximum atomic E-state index is 12.4. The van der Waals surface area contributed by atoms with Crippen LogP contribution in [-0.4, -0.2) is 39.8 Å². The van der Waals surface area contributed by atoms with Crippen LogP contribution in [0.25, 0.3) is 10.4 Å². The van der Waals surface area contributed by atoms with Crippen molar-refractivity contribution in [3.05, 3.63) is 23.1 Å². The second-order valence-corrected chi connectivity index (χ2v) is 9.61. The predicted octanol–water partition coefficient (Wildman–Crippen LogP) is 2.78. The number of amides is 1. The highest BCUT2D eigenvalue weighted by atomic mass is 32.2. The standard InChI is InChI=1S/C17H22N2O4S2/c1-4-25(21,22)12-7-13-15(24-10-12)8-14-16(13)19(23-9-11(2)3)6-5-18-17(14)20/h7-8,10-11H,4-6,9H2,1-3H3,(H,18,20). The number of hydrogen-bond acceptors (Lipinski definition) is 6. The van der Waals surface area contributed by atoms with E-state index < -0.39 is 9.84 Å². The molecule has 1 amide bonds. The molecule has 2 aliphatic heterocycles. The minimum atomic E-state index is -3.31. The van der Waals surface area contributed by atoms with Gasteiger partial charge in [0.05, 0.1) is 35.1 Å². The van der Waals surface area contributed by atoms with Gasteiger partial charge in [-0.15, -0.1) is 11.3 Å². The lowest BCUT2D eigenvalue weighted by Crippen LogP contribution is -2.31. The molecule has 1 aliphatic carbocycles. The van der Waals surface area contributed by atoms with Gasteiger partial charge >= 0.3 is 0 Å². The van der Waals surface area contributed by atoms with Crippen molar-refractivity contribution in [2.24, 2.45) is 5.92 Å². The van der Waals surface area contributed by atoms with Crippen molar-refractivity contribution >= 4 is 32.8 Å². The zero-order valence-electron chi connectivity index (χ0n) is 14.5. The molecule has 0 bridgehead atoms. The fourth-order valence-electron chi connectivity index (χ4n) is 2.69. The average molecular weight is 383 g/mol. The van der Waals surface area contributed by atoms with Crippen LogP contribution in [0.2, 0.25) is 0 Å².